The van der Waals surface area contributed by atoms with E-state index in [1.807, 2.05) is 18.7 Å². The smallest absolute Gasteiger partial charge is 0.136 e. The van der Waals surface area contributed by atoms with Crippen molar-refractivity contribution in [2.75, 3.05) is 0 Å². The van der Waals surface area contributed by atoms with Crippen LogP contribution in [0.4, 0.5) is 0 Å². The van der Waals surface area contributed by atoms with Crippen molar-refractivity contribution in [1.82, 2.24) is 9.78 Å². The minimum absolute atomic E-state index is 0.119. The van der Waals surface area contributed by atoms with E-state index in [1.54, 1.807) is 0 Å². The highest BCUT2D eigenvalue weighted by atomic mass is 35.5. The van der Waals surface area contributed by atoms with Crippen molar-refractivity contribution >= 4 is 17.4 Å². The van der Waals surface area contributed by atoms with Gasteiger partial charge < -0.3 is 0 Å². The molecule has 106 valence electrons. The molecule has 0 radical (unpaired) electrons. The van der Waals surface area contributed by atoms with E-state index in [-0.39, 0.29) is 5.92 Å². The van der Waals surface area contributed by atoms with Crippen LogP contribution in [0.3, 0.4) is 0 Å². The first kappa shape index (κ1) is 14.6. The summed E-state index contributed by atoms with van der Waals surface area (Å²) in [6.07, 6.45) is 3.50. The number of Topliss-reactive ketones (excluding diaryl/α,β-unsaturated/α-hetero) is 1. The van der Waals surface area contributed by atoms with Gasteiger partial charge in [-0.25, -0.2) is 0 Å². The zero-order valence-corrected chi connectivity index (χ0v) is 13.0. The minimum atomic E-state index is 0.119. The highest BCUT2D eigenvalue weighted by molar-refractivity contribution is 6.31. The number of aryl methyl sites for hydroxylation is 2. The van der Waals surface area contributed by atoms with Gasteiger partial charge in [-0.15, -0.1) is 0 Å². The van der Waals surface area contributed by atoms with Gasteiger partial charge >= 0.3 is 0 Å². The van der Waals surface area contributed by atoms with Crippen LogP contribution < -0.4 is 0 Å². The van der Waals surface area contributed by atoms with Crippen LogP contribution in [0.15, 0.2) is 0 Å². The topological polar surface area (TPSA) is 34.9 Å². The van der Waals surface area contributed by atoms with Gasteiger partial charge in [-0.05, 0) is 31.6 Å². The summed E-state index contributed by atoms with van der Waals surface area (Å²) in [5, 5.41) is 5.05. The van der Waals surface area contributed by atoms with Crippen molar-refractivity contribution in [3.63, 3.8) is 0 Å². The monoisotopic (exact) mass is 282 g/mol. The number of carbonyl (C=O) groups is 1. The van der Waals surface area contributed by atoms with Crippen molar-refractivity contribution < 1.29 is 4.79 Å². The number of rotatable bonds is 3. The molecule has 1 saturated carbocycles. The Hall–Kier alpha value is -0.830. The molecule has 1 aliphatic rings. The summed E-state index contributed by atoms with van der Waals surface area (Å²) in [5.41, 5.74) is 1.85. The van der Waals surface area contributed by atoms with Crippen LogP contribution in [0.1, 0.15) is 44.5 Å². The predicted molar refractivity (Wildman–Crippen MR) is 77.3 cm³/mol. The minimum Gasteiger partial charge on any atom is -0.299 e. The van der Waals surface area contributed by atoms with Crippen LogP contribution in [-0.4, -0.2) is 15.6 Å². The Balaban J connectivity index is 2.14. The summed E-state index contributed by atoms with van der Waals surface area (Å²) in [7, 11) is 1.90. The summed E-state index contributed by atoms with van der Waals surface area (Å²) >= 11 is 6.29. The lowest BCUT2D eigenvalue weighted by Crippen LogP contribution is -2.29. The fourth-order valence-corrected chi connectivity index (χ4v) is 3.32. The quantitative estimate of drug-likeness (QED) is 0.849. The zero-order valence-electron chi connectivity index (χ0n) is 12.2. The molecule has 2 rings (SSSR count). The maximum absolute atomic E-state index is 12.1. The van der Waals surface area contributed by atoms with E-state index in [0.29, 0.717) is 17.6 Å². The Labute approximate surface area is 120 Å². The van der Waals surface area contributed by atoms with Crippen molar-refractivity contribution in [2.45, 2.75) is 46.5 Å². The van der Waals surface area contributed by atoms with Gasteiger partial charge in [0.2, 0.25) is 0 Å². The Morgan fingerprint density at radius 2 is 2.16 bits per heavy atom. The Morgan fingerprint density at radius 3 is 2.68 bits per heavy atom. The van der Waals surface area contributed by atoms with E-state index >= 15 is 0 Å². The third-order valence-electron chi connectivity index (χ3n) is 4.45. The molecule has 0 N–H and O–H groups in total. The van der Waals surface area contributed by atoms with E-state index in [2.05, 4.69) is 18.9 Å². The van der Waals surface area contributed by atoms with Crippen molar-refractivity contribution in [3.05, 3.63) is 16.4 Å². The molecule has 1 aliphatic carbocycles. The Bertz CT molecular complexity index is 479. The molecule has 0 amide bonds. The average Bonchev–Trinajstić information content (AvgIpc) is 2.58. The molecule has 3 nitrogen and oxygen atoms in total. The van der Waals surface area contributed by atoms with E-state index in [4.69, 9.17) is 11.6 Å². The molecule has 0 bridgehead atoms. The SMILES string of the molecule is Cc1nn(C)c(CC2CC(C(C)C)CCC2=O)c1Cl. The molecule has 2 atom stereocenters. The fraction of sp³-hybridized carbons (Fsp3) is 0.733. The summed E-state index contributed by atoms with van der Waals surface area (Å²) in [5.74, 6) is 1.83. The fourth-order valence-electron chi connectivity index (χ4n) is 3.08. The molecule has 1 heterocycles. The van der Waals surface area contributed by atoms with E-state index in [1.165, 1.54) is 0 Å². The number of carbonyl (C=O) groups excluding carboxylic acids is 1. The lowest BCUT2D eigenvalue weighted by atomic mass is 9.74. The molecule has 2 unspecified atom stereocenters. The van der Waals surface area contributed by atoms with E-state index in [9.17, 15) is 4.79 Å². The molecule has 1 aromatic heterocycles. The first-order valence-electron chi connectivity index (χ1n) is 7.10. The predicted octanol–water partition coefficient (Wildman–Crippen LogP) is 3.57. The van der Waals surface area contributed by atoms with Gasteiger partial charge in [-0.1, -0.05) is 25.4 Å². The molecular formula is C15H23ClN2O. The zero-order chi connectivity index (χ0) is 14.2. The van der Waals surface area contributed by atoms with Crippen LogP contribution in [0.2, 0.25) is 5.02 Å². The molecule has 1 aromatic rings. The van der Waals surface area contributed by atoms with Crippen LogP contribution in [0, 0.1) is 24.7 Å². The van der Waals surface area contributed by atoms with Crippen LogP contribution in [0.25, 0.3) is 0 Å². The maximum Gasteiger partial charge on any atom is 0.136 e. The lowest BCUT2D eigenvalue weighted by molar-refractivity contribution is -0.126. The second-order valence-electron chi connectivity index (χ2n) is 6.12. The summed E-state index contributed by atoms with van der Waals surface area (Å²) in [6.45, 7) is 6.41. The molecule has 1 fully saturated rings. The molecule has 19 heavy (non-hydrogen) atoms. The molecule has 0 saturated heterocycles. The molecule has 4 heteroatoms. The van der Waals surface area contributed by atoms with Crippen molar-refractivity contribution in [2.24, 2.45) is 24.8 Å². The highest BCUT2D eigenvalue weighted by Gasteiger charge is 2.31. The van der Waals surface area contributed by atoms with E-state index < -0.39 is 0 Å². The van der Waals surface area contributed by atoms with Crippen molar-refractivity contribution in [1.29, 1.82) is 0 Å². The normalized spacial score (nSPS) is 24.2. The van der Waals surface area contributed by atoms with Gasteiger partial charge in [0.15, 0.2) is 0 Å². The first-order valence-corrected chi connectivity index (χ1v) is 7.48. The second-order valence-corrected chi connectivity index (χ2v) is 6.49. The number of hydrogen-bond donors (Lipinski definition) is 0. The van der Waals surface area contributed by atoms with Gasteiger partial charge in [-0.2, -0.15) is 5.10 Å². The average molecular weight is 283 g/mol. The van der Waals surface area contributed by atoms with E-state index in [0.717, 1.165) is 42.1 Å². The van der Waals surface area contributed by atoms with Gasteiger partial charge in [0.05, 0.1) is 16.4 Å². The standard InChI is InChI=1S/C15H23ClN2O/c1-9(2)11-5-6-14(19)12(7-11)8-13-15(16)10(3)17-18(13)4/h9,11-12H,5-8H2,1-4H3. The summed E-state index contributed by atoms with van der Waals surface area (Å²) in [4.78, 5) is 12.1. The number of aromatic nitrogens is 2. The summed E-state index contributed by atoms with van der Waals surface area (Å²) < 4.78 is 1.82. The largest absolute Gasteiger partial charge is 0.299 e. The molecular weight excluding hydrogens is 260 g/mol. The number of hydrogen-bond acceptors (Lipinski definition) is 2. The van der Waals surface area contributed by atoms with Crippen LogP contribution >= 0.6 is 11.6 Å². The number of nitrogens with zero attached hydrogens (tertiary/aromatic N) is 2. The molecule has 0 aliphatic heterocycles. The second kappa shape index (κ2) is 5.66. The lowest BCUT2D eigenvalue weighted by Gasteiger charge is -2.30. The van der Waals surface area contributed by atoms with Crippen LogP contribution in [0.5, 0.6) is 0 Å². The number of ketones is 1. The third-order valence-corrected chi connectivity index (χ3v) is 4.94. The van der Waals surface area contributed by atoms with Gasteiger partial charge in [0.1, 0.15) is 5.78 Å². The maximum atomic E-state index is 12.1. The first-order chi connectivity index (χ1) is 8.90. The number of halogens is 1. The van der Waals surface area contributed by atoms with Gasteiger partial charge in [0.25, 0.3) is 0 Å². The summed E-state index contributed by atoms with van der Waals surface area (Å²) in [6, 6.07) is 0. The van der Waals surface area contributed by atoms with Gasteiger partial charge in [0, 0.05) is 25.8 Å². The van der Waals surface area contributed by atoms with Crippen molar-refractivity contribution in [3.8, 4) is 0 Å². The highest BCUT2D eigenvalue weighted by Crippen LogP contribution is 2.34. The van der Waals surface area contributed by atoms with Gasteiger partial charge in [-0.3, -0.25) is 9.48 Å². The Kier molecular flexibility index (Phi) is 4.34. The molecule has 0 aromatic carbocycles. The Morgan fingerprint density at radius 1 is 1.47 bits per heavy atom. The van der Waals surface area contributed by atoms with Crippen LogP contribution in [-0.2, 0) is 18.3 Å². The third kappa shape index (κ3) is 3.02. The molecule has 0 spiro atoms.